The Kier molecular flexibility index (Phi) is 7.86. The van der Waals surface area contributed by atoms with Crippen LogP contribution >= 0.6 is 12.2 Å². The number of morpholine rings is 1. The van der Waals surface area contributed by atoms with Crippen LogP contribution in [0.25, 0.3) is 0 Å². The number of thiocarbonyl (C=S) groups is 1. The highest BCUT2D eigenvalue weighted by molar-refractivity contribution is 7.80. The number of nitrogens with zero attached hydrogens (tertiary/aromatic N) is 3. The molecule has 1 aromatic rings. The van der Waals surface area contributed by atoms with E-state index in [2.05, 4.69) is 49.9 Å². The Morgan fingerprint density at radius 3 is 2.48 bits per heavy atom. The van der Waals surface area contributed by atoms with E-state index in [1.165, 1.54) is 38.0 Å². The van der Waals surface area contributed by atoms with Crippen molar-refractivity contribution in [3.8, 4) is 0 Å². The number of rotatable bonds is 6. The second kappa shape index (κ2) is 10.6. The van der Waals surface area contributed by atoms with Crippen LogP contribution in [0.1, 0.15) is 31.7 Å². The molecule has 6 nitrogen and oxygen atoms in total. The minimum absolute atomic E-state index is 0.563. The quantitative estimate of drug-likeness (QED) is 0.442. The summed E-state index contributed by atoms with van der Waals surface area (Å²) in [6, 6.07) is 8.66. The zero-order chi connectivity index (χ0) is 18.9. The van der Waals surface area contributed by atoms with Gasteiger partial charge in [-0.25, -0.2) is 0 Å². The van der Waals surface area contributed by atoms with Crippen LogP contribution in [0, 0.1) is 0 Å². The predicted molar refractivity (Wildman–Crippen MR) is 116 cm³/mol. The molecule has 0 atom stereocenters. The lowest BCUT2D eigenvalue weighted by molar-refractivity contribution is 0.0389. The minimum atomic E-state index is 0.563. The fourth-order valence-electron chi connectivity index (χ4n) is 3.46. The number of hydrogen-bond acceptors (Lipinski definition) is 5. The van der Waals surface area contributed by atoms with Gasteiger partial charge in [0.15, 0.2) is 5.11 Å². The molecule has 0 bridgehead atoms. The normalized spacial score (nSPS) is 19.0. The molecule has 148 valence electrons. The smallest absolute Gasteiger partial charge is 0.187 e. The van der Waals surface area contributed by atoms with E-state index in [1.807, 2.05) is 6.92 Å². The van der Waals surface area contributed by atoms with Gasteiger partial charge in [0, 0.05) is 45.0 Å². The molecule has 0 aromatic heterocycles. The van der Waals surface area contributed by atoms with E-state index in [1.54, 1.807) is 0 Å². The van der Waals surface area contributed by atoms with Gasteiger partial charge in [0.25, 0.3) is 0 Å². The molecule has 0 unspecified atom stereocenters. The van der Waals surface area contributed by atoms with E-state index in [4.69, 9.17) is 17.0 Å². The third-order valence-electron chi connectivity index (χ3n) is 5.15. The van der Waals surface area contributed by atoms with Crippen LogP contribution < -0.4 is 15.6 Å². The first-order valence-corrected chi connectivity index (χ1v) is 10.4. The zero-order valence-electron chi connectivity index (χ0n) is 16.2. The monoisotopic (exact) mass is 389 g/mol. The number of benzene rings is 1. The SMILES string of the molecule is C/C(=N/NC(=S)NCCN1CCOCC1)c1ccc(N2CCCCC2)cc1. The van der Waals surface area contributed by atoms with Crippen molar-refractivity contribution in [2.45, 2.75) is 26.2 Å². The summed E-state index contributed by atoms with van der Waals surface area (Å²) in [6.07, 6.45) is 3.94. The number of hydrazone groups is 1. The molecular weight excluding hydrogens is 358 g/mol. The first-order chi connectivity index (χ1) is 13.2. The van der Waals surface area contributed by atoms with Crippen LogP contribution in [0.5, 0.6) is 0 Å². The van der Waals surface area contributed by atoms with Crippen LogP contribution in [0.3, 0.4) is 0 Å². The maximum absolute atomic E-state index is 5.36. The van der Waals surface area contributed by atoms with Gasteiger partial charge >= 0.3 is 0 Å². The fraction of sp³-hybridized carbons (Fsp3) is 0.600. The first-order valence-electron chi connectivity index (χ1n) is 9.96. The third-order valence-corrected chi connectivity index (χ3v) is 5.38. The van der Waals surface area contributed by atoms with E-state index in [0.29, 0.717) is 5.11 Å². The standard InChI is InChI=1S/C20H31N5OS/c1-17(18-5-7-19(8-6-18)25-10-3-2-4-11-25)22-23-20(27)21-9-12-24-13-15-26-16-14-24/h5-8H,2-4,9-16H2,1H3,(H2,21,23,27)/b22-17-. The van der Waals surface area contributed by atoms with Gasteiger partial charge in [-0.15, -0.1) is 0 Å². The Hall–Kier alpha value is -1.70. The molecule has 0 amide bonds. The number of piperidine rings is 1. The second-order valence-corrected chi connectivity index (χ2v) is 7.52. The summed E-state index contributed by atoms with van der Waals surface area (Å²) in [5.41, 5.74) is 6.30. The van der Waals surface area contributed by atoms with Gasteiger partial charge in [-0.2, -0.15) is 5.10 Å². The molecule has 2 N–H and O–H groups in total. The molecule has 0 aliphatic carbocycles. The van der Waals surface area contributed by atoms with E-state index < -0.39 is 0 Å². The molecule has 2 heterocycles. The van der Waals surface area contributed by atoms with Gasteiger partial charge in [0.2, 0.25) is 0 Å². The summed E-state index contributed by atoms with van der Waals surface area (Å²) in [5.74, 6) is 0. The maximum atomic E-state index is 5.36. The summed E-state index contributed by atoms with van der Waals surface area (Å²) in [6.45, 7) is 9.73. The van der Waals surface area contributed by atoms with Crippen LogP contribution in [-0.4, -0.2) is 68.2 Å². The number of nitrogens with one attached hydrogen (secondary N) is 2. The van der Waals surface area contributed by atoms with Gasteiger partial charge in [-0.3, -0.25) is 10.3 Å². The number of anilines is 1. The Labute approximate surface area is 167 Å². The van der Waals surface area contributed by atoms with Gasteiger partial charge in [-0.05, 0) is 56.1 Å². The molecule has 0 spiro atoms. The Morgan fingerprint density at radius 2 is 1.78 bits per heavy atom. The number of hydrogen-bond donors (Lipinski definition) is 2. The van der Waals surface area contributed by atoms with Crippen LogP contribution in [0.2, 0.25) is 0 Å². The summed E-state index contributed by atoms with van der Waals surface area (Å²) in [5, 5.41) is 8.19. The highest BCUT2D eigenvalue weighted by atomic mass is 32.1. The van der Waals surface area contributed by atoms with Crippen molar-refractivity contribution >= 4 is 28.7 Å². The third kappa shape index (κ3) is 6.45. The van der Waals surface area contributed by atoms with Crippen molar-refractivity contribution in [3.63, 3.8) is 0 Å². The molecule has 0 saturated carbocycles. The molecule has 3 rings (SSSR count). The maximum Gasteiger partial charge on any atom is 0.187 e. The van der Waals surface area contributed by atoms with Gasteiger partial charge in [0.1, 0.15) is 0 Å². The fourth-order valence-corrected chi connectivity index (χ4v) is 3.60. The van der Waals surface area contributed by atoms with Crippen molar-refractivity contribution in [3.05, 3.63) is 29.8 Å². The summed E-state index contributed by atoms with van der Waals surface area (Å²) in [4.78, 5) is 4.84. The molecule has 7 heteroatoms. The lowest BCUT2D eigenvalue weighted by atomic mass is 10.1. The molecule has 2 saturated heterocycles. The van der Waals surface area contributed by atoms with E-state index in [9.17, 15) is 0 Å². The van der Waals surface area contributed by atoms with Crippen molar-refractivity contribution in [1.82, 2.24) is 15.6 Å². The molecule has 27 heavy (non-hydrogen) atoms. The molecular formula is C20H31N5OS. The van der Waals surface area contributed by atoms with Crippen molar-refractivity contribution in [1.29, 1.82) is 0 Å². The Bertz CT molecular complexity index is 622. The topological polar surface area (TPSA) is 52.1 Å². The van der Waals surface area contributed by atoms with Crippen LogP contribution in [0.4, 0.5) is 5.69 Å². The van der Waals surface area contributed by atoms with Crippen LogP contribution in [0.15, 0.2) is 29.4 Å². The van der Waals surface area contributed by atoms with Gasteiger partial charge < -0.3 is 15.0 Å². The minimum Gasteiger partial charge on any atom is -0.379 e. The summed E-state index contributed by atoms with van der Waals surface area (Å²) in [7, 11) is 0. The Balaban J connectivity index is 1.41. The number of ether oxygens (including phenoxy) is 1. The van der Waals surface area contributed by atoms with E-state index in [0.717, 1.165) is 50.7 Å². The average Bonchev–Trinajstić information content (AvgIpc) is 2.73. The summed E-state index contributed by atoms with van der Waals surface area (Å²) < 4.78 is 5.36. The zero-order valence-corrected chi connectivity index (χ0v) is 17.1. The molecule has 0 radical (unpaired) electrons. The van der Waals surface area contributed by atoms with Crippen LogP contribution in [-0.2, 0) is 4.74 Å². The van der Waals surface area contributed by atoms with Gasteiger partial charge in [0.05, 0.1) is 18.9 Å². The molecule has 1 aromatic carbocycles. The van der Waals surface area contributed by atoms with Crippen molar-refractivity contribution in [2.75, 3.05) is 57.4 Å². The van der Waals surface area contributed by atoms with Crippen molar-refractivity contribution < 1.29 is 4.74 Å². The highest BCUT2D eigenvalue weighted by Gasteiger charge is 2.11. The van der Waals surface area contributed by atoms with Crippen molar-refractivity contribution in [2.24, 2.45) is 5.10 Å². The second-order valence-electron chi connectivity index (χ2n) is 7.11. The Morgan fingerprint density at radius 1 is 1.07 bits per heavy atom. The molecule has 2 aliphatic rings. The van der Waals surface area contributed by atoms with Gasteiger partial charge in [-0.1, -0.05) is 12.1 Å². The summed E-state index contributed by atoms with van der Waals surface area (Å²) >= 11 is 5.32. The average molecular weight is 390 g/mol. The largest absolute Gasteiger partial charge is 0.379 e. The highest BCUT2D eigenvalue weighted by Crippen LogP contribution is 2.20. The van der Waals surface area contributed by atoms with E-state index in [-0.39, 0.29) is 0 Å². The molecule has 2 fully saturated rings. The molecule has 2 aliphatic heterocycles. The predicted octanol–water partition coefficient (Wildman–Crippen LogP) is 2.20. The lowest BCUT2D eigenvalue weighted by Gasteiger charge is -2.28. The van der Waals surface area contributed by atoms with E-state index >= 15 is 0 Å². The lowest BCUT2D eigenvalue weighted by Crippen LogP contribution is -2.42. The first kappa shape index (κ1) is 20.0.